The van der Waals surface area contributed by atoms with Crippen molar-refractivity contribution in [3.05, 3.63) is 35.9 Å². The number of epoxide rings is 1. The summed E-state index contributed by atoms with van der Waals surface area (Å²) >= 11 is 0. The number of aliphatic hydroxyl groups excluding tert-OH is 1. The molecule has 74 valence electrons. The molecule has 1 heterocycles. The predicted molar refractivity (Wildman–Crippen MR) is 49.3 cm³/mol. The molecule has 14 heavy (non-hydrogen) atoms. The fraction of sp³-hybridized carbons (Fsp3) is 0.300. The molecule has 4 heteroatoms. The van der Waals surface area contributed by atoms with Crippen molar-refractivity contribution in [2.45, 2.75) is 18.3 Å². The van der Waals surface area contributed by atoms with Crippen molar-refractivity contribution in [2.24, 2.45) is 5.73 Å². The smallest absolute Gasteiger partial charge is 0.249 e. The molecule has 1 fully saturated rings. The van der Waals surface area contributed by atoms with Crippen LogP contribution in [0.5, 0.6) is 0 Å². The SMILES string of the molecule is NC(=O)[C@@H]1O[C@@H]1[C@H](O)c1ccccc1. The van der Waals surface area contributed by atoms with E-state index >= 15 is 0 Å². The lowest BCUT2D eigenvalue weighted by molar-refractivity contribution is -0.119. The Morgan fingerprint density at radius 2 is 2.07 bits per heavy atom. The Morgan fingerprint density at radius 3 is 2.57 bits per heavy atom. The topological polar surface area (TPSA) is 75.9 Å². The van der Waals surface area contributed by atoms with Crippen molar-refractivity contribution in [2.75, 3.05) is 0 Å². The number of nitrogens with two attached hydrogens (primary N) is 1. The molecule has 1 aliphatic heterocycles. The van der Waals surface area contributed by atoms with Crippen molar-refractivity contribution in [1.82, 2.24) is 0 Å². The van der Waals surface area contributed by atoms with Crippen LogP contribution in [0.25, 0.3) is 0 Å². The number of hydrogen-bond donors (Lipinski definition) is 2. The first-order valence-corrected chi connectivity index (χ1v) is 4.38. The molecule has 1 saturated heterocycles. The van der Waals surface area contributed by atoms with E-state index in [1.807, 2.05) is 18.2 Å². The van der Waals surface area contributed by atoms with Gasteiger partial charge in [0.15, 0.2) is 6.10 Å². The van der Waals surface area contributed by atoms with Gasteiger partial charge in [0.25, 0.3) is 0 Å². The van der Waals surface area contributed by atoms with Gasteiger partial charge in [0.2, 0.25) is 5.91 Å². The summed E-state index contributed by atoms with van der Waals surface area (Å²) in [6.45, 7) is 0. The number of carbonyl (C=O) groups is 1. The average molecular weight is 193 g/mol. The fourth-order valence-corrected chi connectivity index (χ4v) is 1.43. The lowest BCUT2D eigenvalue weighted by Gasteiger charge is -2.06. The van der Waals surface area contributed by atoms with Crippen molar-refractivity contribution >= 4 is 5.91 Å². The second-order valence-corrected chi connectivity index (χ2v) is 3.28. The highest BCUT2D eigenvalue weighted by Crippen LogP contribution is 2.33. The lowest BCUT2D eigenvalue weighted by atomic mass is 10.1. The molecule has 0 spiro atoms. The van der Waals surface area contributed by atoms with E-state index < -0.39 is 24.2 Å². The quantitative estimate of drug-likeness (QED) is 0.662. The Morgan fingerprint density at radius 1 is 1.43 bits per heavy atom. The first kappa shape index (κ1) is 9.18. The molecule has 1 aromatic carbocycles. The minimum absolute atomic E-state index is 0.477. The molecule has 4 nitrogen and oxygen atoms in total. The maximum atomic E-state index is 10.7. The first-order valence-electron chi connectivity index (χ1n) is 4.38. The van der Waals surface area contributed by atoms with Crippen LogP contribution in [-0.4, -0.2) is 23.2 Å². The number of primary amides is 1. The zero-order chi connectivity index (χ0) is 10.1. The maximum absolute atomic E-state index is 10.7. The zero-order valence-electron chi connectivity index (χ0n) is 7.46. The van der Waals surface area contributed by atoms with Gasteiger partial charge >= 0.3 is 0 Å². The molecule has 1 aliphatic rings. The molecule has 0 bridgehead atoms. The van der Waals surface area contributed by atoms with Crippen LogP contribution in [0.3, 0.4) is 0 Å². The van der Waals surface area contributed by atoms with Gasteiger partial charge < -0.3 is 15.6 Å². The fourth-order valence-electron chi connectivity index (χ4n) is 1.43. The summed E-state index contributed by atoms with van der Waals surface area (Å²) in [4.78, 5) is 10.7. The Bertz CT molecular complexity index is 338. The van der Waals surface area contributed by atoms with E-state index in [-0.39, 0.29) is 0 Å². The number of benzene rings is 1. The number of aliphatic hydroxyl groups is 1. The van der Waals surface area contributed by atoms with Gasteiger partial charge in [-0.3, -0.25) is 4.79 Å². The van der Waals surface area contributed by atoms with E-state index in [0.29, 0.717) is 0 Å². The summed E-state index contributed by atoms with van der Waals surface area (Å²) in [5, 5.41) is 9.75. The summed E-state index contributed by atoms with van der Waals surface area (Å²) in [7, 11) is 0. The Labute approximate surface area is 81.3 Å². The van der Waals surface area contributed by atoms with Gasteiger partial charge in [0.1, 0.15) is 12.2 Å². The third kappa shape index (κ3) is 1.62. The van der Waals surface area contributed by atoms with Gasteiger partial charge in [0.05, 0.1) is 0 Å². The highest BCUT2D eigenvalue weighted by molar-refractivity contribution is 5.82. The van der Waals surface area contributed by atoms with Crippen LogP contribution in [0.1, 0.15) is 11.7 Å². The first-order chi connectivity index (χ1) is 6.70. The molecule has 1 aromatic rings. The molecule has 3 N–H and O–H groups in total. The standard InChI is InChI=1S/C10H11NO3/c11-10(13)9-8(14-9)7(12)6-4-2-1-3-5-6/h1-5,7-9,12H,(H2,11,13)/t7-,8-,9-/m1/s1. The Kier molecular flexibility index (Phi) is 2.23. The van der Waals surface area contributed by atoms with Gasteiger partial charge in [-0.05, 0) is 5.56 Å². The molecule has 0 aliphatic carbocycles. The van der Waals surface area contributed by atoms with Crippen molar-refractivity contribution < 1.29 is 14.6 Å². The largest absolute Gasteiger partial charge is 0.386 e. The highest BCUT2D eigenvalue weighted by Gasteiger charge is 2.48. The van der Waals surface area contributed by atoms with Crippen LogP contribution >= 0.6 is 0 Å². The van der Waals surface area contributed by atoms with Crippen molar-refractivity contribution in [1.29, 1.82) is 0 Å². The van der Waals surface area contributed by atoms with Crippen LogP contribution < -0.4 is 5.73 Å². The van der Waals surface area contributed by atoms with E-state index in [9.17, 15) is 9.90 Å². The van der Waals surface area contributed by atoms with Crippen LogP contribution in [0.15, 0.2) is 30.3 Å². The Balaban J connectivity index is 2.05. The van der Waals surface area contributed by atoms with Crippen molar-refractivity contribution in [3.8, 4) is 0 Å². The molecule has 0 radical (unpaired) electrons. The third-order valence-electron chi connectivity index (χ3n) is 2.26. The summed E-state index contributed by atoms with van der Waals surface area (Å²) in [6, 6.07) is 9.06. The zero-order valence-corrected chi connectivity index (χ0v) is 7.46. The maximum Gasteiger partial charge on any atom is 0.249 e. The molecule has 3 atom stereocenters. The second-order valence-electron chi connectivity index (χ2n) is 3.28. The van der Waals surface area contributed by atoms with Crippen LogP contribution in [0, 0.1) is 0 Å². The lowest BCUT2D eigenvalue weighted by Crippen LogP contribution is -2.22. The molecular weight excluding hydrogens is 182 g/mol. The second kappa shape index (κ2) is 3.40. The van der Waals surface area contributed by atoms with Crippen LogP contribution in [-0.2, 0) is 9.53 Å². The number of amides is 1. The van der Waals surface area contributed by atoms with E-state index in [2.05, 4.69) is 0 Å². The monoisotopic (exact) mass is 193 g/mol. The van der Waals surface area contributed by atoms with Crippen molar-refractivity contribution in [3.63, 3.8) is 0 Å². The van der Waals surface area contributed by atoms with Crippen LogP contribution in [0.2, 0.25) is 0 Å². The summed E-state index contributed by atoms with van der Waals surface area (Å²) in [5.74, 6) is -0.523. The van der Waals surface area contributed by atoms with E-state index in [0.717, 1.165) is 5.56 Å². The normalized spacial score (nSPS) is 26.9. The molecule has 0 saturated carbocycles. The molecule has 1 amide bonds. The number of carbonyl (C=O) groups excluding carboxylic acids is 1. The van der Waals surface area contributed by atoms with Gasteiger partial charge in [0, 0.05) is 0 Å². The average Bonchev–Trinajstić information content (AvgIpc) is 2.97. The number of ether oxygens (including phenoxy) is 1. The highest BCUT2D eigenvalue weighted by atomic mass is 16.6. The molecular formula is C10H11NO3. The predicted octanol–water partition coefficient (Wildman–Crippen LogP) is -0.0273. The van der Waals surface area contributed by atoms with Crippen LogP contribution in [0.4, 0.5) is 0 Å². The minimum Gasteiger partial charge on any atom is -0.386 e. The third-order valence-corrected chi connectivity index (χ3v) is 2.26. The molecule has 0 aromatic heterocycles. The summed E-state index contributed by atoms with van der Waals surface area (Å²) < 4.78 is 4.97. The number of hydrogen-bond acceptors (Lipinski definition) is 3. The molecule has 0 unspecified atom stereocenters. The molecule has 2 rings (SSSR count). The van der Waals surface area contributed by atoms with E-state index in [1.165, 1.54) is 0 Å². The van der Waals surface area contributed by atoms with Gasteiger partial charge in [-0.25, -0.2) is 0 Å². The van der Waals surface area contributed by atoms with E-state index in [4.69, 9.17) is 10.5 Å². The summed E-state index contributed by atoms with van der Waals surface area (Å²) in [6.07, 6.45) is -1.88. The Hall–Kier alpha value is -1.39. The minimum atomic E-state index is -0.770. The van der Waals surface area contributed by atoms with Gasteiger partial charge in [-0.15, -0.1) is 0 Å². The van der Waals surface area contributed by atoms with E-state index in [1.54, 1.807) is 12.1 Å². The number of rotatable bonds is 3. The summed E-state index contributed by atoms with van der Waals surface area (Å²) in [5.41, 5.74) is 5.77. The van der Waals surface area contributed by atoms with Gasteiger partial charge in [-0.1, -0.05) is 30.3 Å². The van der Waals surface area contributed by atoms with Gasteiger partial charge in [-0.2, -0.15) is 0 Å².